The number of sulfone groups is 1. The van der Waals surface area contributed by atoms with Gasteiger partial charge in [-0.1, -0.05) is 17.7 Å². The Balaban J connectivity index is 1.33. The first-order valence-corrected chi connectivity index (χ1v) is 11.9. The lowest BCUT2D eigenvalue weighted by atomic mass is 9.99. The van der Waals surface area contributed by atoms with Gasteiger partial charge in [-0.25, -0.2) is 8.42 Å². The van der Waals surface area contributed by atoms with E-state index in [2.05, 4.69) is 30.0 Å². The number of nitrogens with zero attached hydrogens (tertiary/aromatic N) is 2. The number of benzene rings is 1. The van der Waals surface area contributed by atoms with E-state index in [-0.39, 0.29) is 11.9 Å². The van der Waals surface area contributed by atoms with Crippen LogP contribution in [-0.4, -0.2) is 76.0 Å². The van der Waals surface area contributed by atoms with Crippen LogP contribution in [0.2, 0.25) is 0 Å². The zero-order valence-electron chi connectivity index (χ0n) is 16.1. The Bertz CT molecular complexity index is 816. The molecule has 0 unspecified atom stereocenters. The molecule has 3 heterocycles. The molecular formula is C20H30N3O3S+. The number of rotatable bonds is 3. The fourth-order valence-electron chi connectivity index (χ4n) is 4.80. The van der Waals surface area contributed by atoms with E-state index in [0.29, 0.717) is 18.1 Å². The second kappa shape index (κ2) is 7.43. The number of carbonyl (C=O) groups is 1. The number of piperazine rings is 1. The van der Waals surface area contributed by atoms with Crippen molar-refractivity contribution in [1.29, 1.82) is 0 Å². The predicted molar refractivity (Wildman–Crippen MR) is 106 cm³/mol. The largest absolute Gasteiger partial charge is 0.362 e. The van der Waals surface area contributed by atoms with Gasteiger partial charge in [-0.05, 0) is 31.4 Å². The molecule has 6 nitrogen and oxygen atoms in total. The van der Waals surface area contributed by atoms with Crippen LogP contribution in [0.15, 0.2) is 18.2 Å². The molecule has 1 aromatic rings. The molecule has 0 spiro atoms. The highest BCUT2D eigenvalue weighted by atomic mass is 32.2. The summed E-state index contributed by atoms with van der Waals surface area (Å²) in [6, 6.07) is 6.74. The molecule has 2 saturated heterocycles. The van der Waals surface area contributed by atoms with Crippen LogP contribution >= 0.6 is 0 Å². The van der Waals surface area contributed by atoms with Gasteiger partial charge in [0, 0.05) is 18.7 Å². The smallest absolute Gasteiger partial charge is 0.242 e. The molecule has 1 aromatic carbocycles. The second-order valence-electron chi connectivity index (χ2n) is 8.30. The van der Waals surface area contributed by atoms with E-state index in [1.165, 1.54) is 21.7 Å². The maximum Gasteiger partial charge on any atom is 0.242 e. The summed E-state index contributed by atoms with van der Waals surface area (Å²) in [5, 5.41) is 0. The van der Waals surface area contributed by atoms with Crippen LogP contribution in [-0.2, 0) is 21.1 Å². The lowest BCUT2D eigenvalue weighted by Crippen LogP contribution is -3.18. The molecular weight excluding hydrogens is 362 g/mol. The SMILES string of the molecule is Cc1ccc2c(c1)CCCN2CC(=O)N1CC[NH+]([C@H]2CCS(=O)(=O)C2)CC1. The first-order chi connectivity index (χ1) is 12.9. The normalized spacial score (nSPS) is 25.4. The summed E-state index contributed by atoms with van der Waals surface area (Å²) in [4.78, 5) is 18.4. The van der Waals surface area contributed by atoms with Crippen LogP contribution < -0.4 is 9.80 Å². The van der Waals surface area contributed by atoms with Gasteiger partial charge in [-0.2, -0.15) is 0 Å². The number of nitrogens with one attached hydrogen (secondary N) is 1. The number of aryl methyl sites for hydroxylation is 2. The van der Waals surface area contributed by atoms with Crippen molar-refractivity contribution >= 4 is 21.4 Å². The van der Waals surface area contributed by atoms with Crippen LogP contribution in [0, 0.1) is 6.92 Å². The molecule has 0 aromatic heterocycles. The van der Waals surface area contributed by atoms with Gasteiger partial charge in [-0.15, -0.1) is 0 Å². The molecule has 2 fully saturated rings. The summed E-state index contributed by atoms with van der Waals surface area (Å²) in [5.41, 5.74) is 3.83. The average molecular weight is 393 g/mol. The van der Waals surface area contributed by atoms with Crippen LogP contribution in [0.3, 0.4) is 0 Å². The van der Waals surface area contributed by atoms with Crippen LogP contribution in [0.1, 0.15) is 24.0 Å². The molecule has 1 atom stereocenters. The van der Waals surface area contributed by atoms with Gasteiger partial charge in [0.05, 0.1) is 38.5 Å². The first kappa shape index (κ1) is 18.7. The number of quaternary nitrogens is 1. The molecule has 1 amide bonds. The van der Waals surface area contributed by atoms with Crippen molar-refractivity contribution in [3.8, 4) is 0 Å². The number of anilines is 1. The number of hydrogen-bond acceptors (Lipinski definition) is 4. The van der Waals surface area contributed by atoms with Gasteiger partial charge < -0.3 is 14.7 Å². The third-order valence-electron chi connectivity index (χ3n) is 6.34. The third-order valence-corrected chi connectivity index (χ3v) is 8.11. The van der Waals surface area contributed by atoms with Crippen LogP contribution in [0.25, 0.3) is 0 Å². The molecule has 0 saturated carbocycles. The molecule has 0 aliphatic carbocycles. The van der Waals surface area contributed by atoms with E-state index in [4.69, 9.17) is 0 Å². The van der Waals surface area contributed by atoms with E-state index < -0.39 is 9.84 Å². The zero-order valence-corrected chi connectivity index (χ0v) is 16.9. The van der Waals surface area contributed by atoms with Gasteiger partial charge in [0.1, 0.15) is 11.8 Å². The van der Waals surface area contributed by atoms with E-state index in [1.54, 1.807) is 0 Å². The Kier molecular flexibility index (Phi) is 5.16. The highest BCUT2D eigenvalue weighted by molar-refractivity contribution is 7.91. The van der Waals surface area contributed by atoms with Crippen molar-refractivity contribution in [3.05, 3.63) is 29.3 Å². The third kappa shape index (κ3) is 4.14. The highest BCUT2D eigenvalue weighted by Crippen LogP contribution is 2.27. The monoisotopic (exact) mass is 392 g/mol. The van der Waals surface area contributed by atoms with Gasteiger partial charge in [-0.3, -0.25) is 4.79 Å². The summed E-state index contributed by atoms with van der Waals surface area (Å²) in [6.45, 7) is 6.69. The number of fused-ring (bicyclic) bond motifs is 1. The van der Waals surface area contributed by atoms with E-state index in [0.717, 1.165) is 52.0 Å². The van der Waals surface area contributed by atoms with Gasteiger partial charge in [0.15, 0.2) is 9.84 Å². The van der Waals surface area contributed by atoms with Crippen LogP contribution in [0.5, 0.6) is 0 Å². The first-order valence-electron chi connectivity index (χ1n) is 10.1. The molecule has 4 rings (SSSR count). The van der Waals surface area contributed by atoms with Gasteiger partial charge in [0.25, 0.3) is 0 Å². The van der Waals surface area contributed by atoms with E-state index in [1.807, 2.05) is 4.90 Å². The predicted octanol–water partition coefficient (Wildman–Crippen LogP) is -0.338. The average Bonchev–Trinajstić information content (AvgIpc) is 3.01. The van der Waals surface area contributed by atoms with Crippen molar-refractivity contribution in [2.75, 3.05) is 55.7 Å². The molecule has 0 radical (unpaired) electrons. The van der Waals surface area contributed by atoms with Crippen molar-refractivity contribution < 1.29 is 18.1 Å². The fraction of sp³-hybridized carbons (Fsp3) is 0.650. The minimum atomic E-state index is -2.83. The van der Waals surface area contributed by atoms with E-state index >= 15 is 0 Å². The van der Waals surface area contributed by atoms with Crippen molar-refractivity contribution in [2.45, 2.75) is 32.2 Å². The van der Waals surface area contributed by atoms with Gasteiger partial charge >= 0.3 is 0 Å². The zero-order chi connectivity index (χ0) is 19.0. The Labute approximate surface area is 162 Å². The summed E-state index contributed by atoms with van der Waals surface area (Å²) in [5.74, 6) is 0.847. The van der Waals surface area contributed by atoms with Crippen molar-refractivity contribution in [3.63, 3.8) is 0 Å². The Morgan fingerprint density at radius 3 is 2.70 bits per heavy atom. The minimum absolute atomic E-state index is 0.196. The summed E-state index contributed by atoms with van der Waals surface area (Å²) in [7, 11) is -2.83. The minimum Gasteiger partial charge on any atom is -0.362 e. The molecule has 3 aliphatic heterocycles. The Hall–Kier alpha value is -1.60. The van der Waals surface area contributed by atoms with Crippen LogP contribution in [0.4, 0.5) is 5.69 Å². The standard InChI is InChI=1S/C20H29N3O3S/c1-16-4-5-19-17(13-16)3-2-7-23(19)14-20(24)22-10-8-21(9-11-22)18-6-12-27(25,26)15-18/h4-5,13,18H,2-3,6-12,14-15H2,1H3/p+1/t18-/m0/s1. The highest BCUT2D eigenvalue weighted by Gasteiger charge is 2.37. The van der Waals surface area contributed by atoms with Crippen molar-refractivity contribution in [1.82, 2.24) is 4.90 Å². The molecule has 1 N–H and O–H groups in total. The molecule has 0 bridgehead atoms. The Morgan fingerprint density at radius 1 is 1.22 bits per heavy atom. The number of carbonyl (C=O) groups excluding carboxylic acids is 1. The molecule has 148 valence electrons. The summed E-state index contributed by atoms with van der Waals surface area (Å²) in [6.07, 6.45) is 2.96. The summed E-state index contributed by atoms with van der Waals surface area (Å²) < 4.78 is 23.4. The molecule has 3 aliphatic rings. The lowest BCUT2D eigenvalue weighted by Gasteiger charge is -2.37. The Morgan fingerprint density at radius 2 is 2.00 bits per heavy atom. The van der Waals surface area contributed by atoms with Crippen molar-refractivity contribution in [2.24, 2.45) is 0 Å². The molecule has 7 heteroatoms. The quantitative estimate of drug-likeness (QED) is 0.765. The second-order valence-corrected chi connectivity index (χ2v) is 10.5. The maximum atomic E-state index is 12.9. The van der Waals surface area contributed by atoms with Gasteiger partial charge in [0.2, 0.25) is 5.91 Å². The topological polar surface area (TPSA) is 62.1 Å². The number of amides is 1. The molecule has 27 heavy (non-hydrogen) atoms. The summed E-state index contributed by atoms with van der Waals surface area (Å²) >= 11 is 0. The number of hydrogen-bond donors (Lipinski definition) is 1. The lowest BCUT2D eigenvalue weighted by molar-refractivity contribution is -0.925. The van der Waals surface area contributed by atoms with E-state index in [9.17, 15) is 13.2 Å². The fourth-order valence-corrected chi connectivity index (χ4v) is 6.63. The maximum absolute atomic E-state index is 12.9.